The van der Waals surface area contributed by atoms with Crippen LogP contribution >= 0.6 is 0 Å². The molecule has 1 aromatic carbocycles. The molecule has 84 valence electrons. The van der Waals surface area contributed by atoms with Gasteiger partial charge in [0.15, 0.2) is 0 Å². The average Bonchev–Trinajstić information content (AvgIpc) is 2.28. The topological polar surface area (TPSA) is 39.1 Å². The molecule has 16 heavy (non-hydrogen) atoms. The second kappa shape index (κ2) is 4.44. The molecule has 1 aliphatic heterocycles. The van der Waals surface area contributed by atoms with Crippen molar-refractivity contribution < 1.29 is 0 Å². The lowest BCUT2D eigenvalue weighted by molar-refractivity contribution is 0.610. The van der Waals surface area contributed by atoms with Crippen LogP contribution in [0.4, 0.5) is 11.4 Å². The zero-order chi connectivity index (χ0) is 11.5. The first-order valence-corrected chi connectivity index (χ1v) is 5.73. The molecule has 1 aliphatic rings. The summed E-state index contributed by atoms with van der Waals surface area (Å²) in [6, 6.07) is 8.04. The first-order chi connectivity index (χ1) is 7.70. The van der Waals surface area contributed by atoms with Crippen molar-refractivity contribution in [2.24, 2.45) is 5.92 Å². The van der Waals surface area contributed by atoms with Gasteiger partial charge in [-0.25, -0.2) is 0 Å². The van der Waals surface area contributed by atoms with Crippen molar-refractivity contribution in [3.63, 3.8) is 0 Å². The van der Waals surface area contributed by atoms with E-state index in [1.165, 1.54) is 5.69 Å². The van der Waals surface area contributed by atoms with Crippen molar-refractivity contribution in [2.75, 3.05) is 29.9 Å². The van der Waals surface area contributed by atoms with Gasteiger partial charge >= 0.3 is 0 Å². The number of hydrogen-bond donors (Lipinski definition) is 1. The van der Waals surface area contributed by atoms with Crippen LogP contribution in [0, 0.1) is 17.2 Å². The molecule has 1 aromatic rings. The molecule has 0 fully saturated rings. The van der Waals surface area contributed by atoms with E-state index < -0.39 is 0 Å². The van der Waals surface area contributed by atoms with Gasteiger partial charge < -0.3 is 10.2 Å². The highest BCUT2D eigenvalue weighted by Crippen LogP contribution is 2.30. The van der Waals surface area contributed by atoms with Crippen LogP contribution in [0.5, 0.6) is 0 Å². The molecule has 0 aromatic heterocycles. The van der Waals surface area contributed by atoms with Crippen molar-refractivity contribution >= 4 is 11.4 Å². The van der Waals surface area contributed by atoms with Crippen molar-refractivity contribution in [3.8, 4) is 6.07 Å². The van der Waals surface area contributed by atoms with Gasteiger partial charge in [0.05, 0.1) is 23.0 Å². The number of nitrogens with one attached hydrogen (secondary N) is 1. The molecule has 0 aliphatic carbocycles. The van der Waals surface area contributed by atoms with Gasteiger partial charge in [-0.3, -0.25) is 0 Å². The van der Waals surface area contributed by atoms with E-state index in [1.807, 2.05) is 18.2 Å². The third kappa shape index (κ3) is 2.11. The van der Waals surface area contributed by atoms with E-state index in [-0.39, 0.29) is 0 Å². The lowest BCUT2D eigenvalue weighted by Crippen LogP contribution is -2.36. The number of anilines is 2. The van der Waals surface area contributed by atoms with Crippen LogP contribution in [0.2, 0.25) is 0 Å². The summed E-state index contributed by atoms with van der Waals surface area (Å²) >= 11 is 0. The molecule has 0 unspecified atom stereocenters. The second-order valence-electron chi connectivity index (χ2n) is 4.61. The molecule has 0 saturated carbocycles. The summed E-state index contributed by atoms with van der Waals surface area (Å²) in [6.07, 6.45) is 0. The van der Waals surface area contributed by atoms with Crippen LogP contribution in [-0.4, -0.2) is 19.6 Å². The lowest BCUT2D eigenvalue weighted by Gasteiger charge is -2.33. The highest BCUT2D eigenvalue weighted by molar-refractivity contribution is 5.73. The third-order valence-corrected chi connectivity index (χ3v) is 2.75. The van der Waals surface area contributed by atoms with E-state index in [9.17, 15) is 0 Å². The molecule has 3 nitrogen and oxygen atoms in total. The molecule has 1 N–H and O–H groups in total. The Morgan fingerprint density at radius 3 is 3.00 bits per heavy atom. The van der Waals surface area contributed by atoms with E-state index in [0.717, 1.165) is 30.9 Å². The Balaban J connectivity index is 2.29. The van der Waals surface area contributed by atoms with Crippen molar-refractivity contribution in [3.05, 3.63) is 23.8 Å². The predicted octanol–water partition coefficient (Wildman–Crippen LogP) is 2.45. The Kier molecular flexibility index (Phi) is 3.00. The minimum atomic E-state index is 0.654. The number of rotatable bonds is 2. The number of benzene rings is 1. The Labute approximate surface area is 96.7 Å². The summed E-state index contributed by atoms with van der Waals surface area (Å²) in [5, 5.41) is 12.2. The van der Waals surface area contributed by atoms with Gasteiger partial charge in [0.2, 0.25) is 0 Å². The SMILES string of the molecule is CC(C)CN1CCNc2cc(C#N)ccc21. The smallest absolute Gasteiger partial charge is 0.0992 e. The Morgan fingerprint density at radius 1 is 1.50 bits per heavy atom. The molecule has 0 atom stereocenters. The number of fused-ring (bicyclic) bond motifs is 1. The van der Waals surface area contributed by atoms with Crippen molar-refractivity contribution in [1.29, 1.82) is 5.26 Å². The summed E-state index contributed by atoms with van der Waals surface area (Å²) in [5.41, 5.74) is 3.03. The Morgan fingerprint density at radius 2 is 2.31 bits per heavy atom. The lowest BCUT2D eigenvalue weighted by atomic mass is 10.1. The van der Waals surface area contributed by atoms with Crippen molar-refractivity contribution in [1.82, 2.24) is 0 Å². The van der Waals surface area contributed by atoms with E-state index in [1.54, 1.807) is 0 Å². The van der Waals surface area contributed by atoms with Gasteiger partial charge in [-0.1, -0.05) is 13.8 Å². The van der Waals surface area contributed by atoms with E-state index in [4.69, 9.17) is 5.26 Å². The molecule has 3 heteroatoms. The maximum absolute atomic E-state index is 8.86. The minimum Gasteiger partial charge on any atom is -0.382 e. The standard InChI is InChI=1S/C13H17N3/c1-10(2)9-16-6-5-15-12-7-11(8-14)3-4-13(12)16/h3-4,7,10,15H,5-6,9H2,1-2H3. The zero-order valence-electron chi connectivity index (χ0n) is 9.83. The minimum absolute atomic E-state index is 0.654. The molecule has 1 heterocycles. The van der Waals surface area contributed by atoms with Gasteiger partial charge in [0.25, 0.3) is 0 Å². The van der Waals surface area contributed by atoms with Crippen LogP contribution in [0.1, 0.15) is 19.4 Å². The molecule has 0 bridgehead atoms. The van der Waals surface area contributed by atoms with Gasteiger partial charge in [-0.15, -0.1) is 0 Å². The maximum atomic E-state index is 8.86. The first kappa shape index (κ1) is 10.8. The highest BCUT2D eigenvalue weighted by atomic mass is 15.2. The Bertz CT molecular complexity index is 418. The van der Waals surface area contributed by atoms with Gasteiger partial charge in [0, 0.05) is 19.6 Å². The van der Waals surface area contributed by atoms with Gasteiger partial charge in [-0.05, 0) is 24.1 Å². The zero-order valence-corrected chi connectivity index (χ0v) is 9.83. The number of nitriles is 1. The summed E-state index contributed by atoms with van der Waals surface area (Å²) in [7, 11) is 0. The van der Waals surface area contributed by atoms with E-state index >= 15 is 0 Å². The molecule has 0 amide bonds. The van der Waals surface area contributed by atoms with Crippen LogP contribution in [0.3, 0.4) is 0 Å². The van der Waals surface area contributed by atoms with Gasteiger partial charge in [0.1, 0.15) is 0 Å². The van der Waals surface area contributed by atoms with Crippen LogP contribution in [0.15, 0.2) is 18.2 Å². The van der Waals surface area contributed by atoms with E-state index in [0.29, 0.717) is 5.92 Å². The summed E-state index contributed by atoms with van der Waals surface area (Å²) < 4.78 is 0. The monoisotopic (exact) mass is 215 g/mol. The molecular weight excluding hydrogens is 198 g/mol. The quantitative estimate of drug-likeness (QED) is 0.823. The molecule has 0 radical (unpaired) electrons. The Hall–Kier alpha value is -1.69. The summed E-state index contributed by atoms with van der Waals surface area (Å²) in [4.78, 5) is 2.39. The average molecular weight is 215 g/mol. The fraction of sp³-hybridized carbons (Fsp3) is 0.462. The van der Waals surface area contributed by atoms with Crippen LogP contribution < -0.4 is 10.2 Å². The van der Waals surface area contributed by atoms with Crippen molar-refractivity contribution in [2.45, 2.75) is 13.8 Å². The number of nitrogens with zero attached hydrogens (tertiary/aromatic N) is 2. The van der Waals surface area contributed by atoms with Crippen LogP contribution in [0.25, 0.3) is 0 Å². The second-order valence-corrected chi connectivity index (χ2v) is 4.61. The molecule has 2 rings (SSSR count). The van der Waals surface area contributed by atoms with E-state index in [2.05, 4.69) is 30.1 Å². The predicted molar refractivity (Wildman–Crippen MR) is 66.7 cm³/mol. The summed E-state index contributed by atoms with van der Waals surface area (Å²) in [6.45, 7) is 7.52. The largest absolute Gasteiger partial charge is 0.382 e. The maximum Gasteiger partial charge on any atom is 0.0992 e. The fourth-order valence-electron chi connectivity index (χ4n) is 2.10. The molecule has 0 saturated heterocycles. The van der Waals surface area contributed by atoms with Gasteiger partial charge in [-0.2, -0.15) is 5.26 Å². The number of hydrogen-bond acceptors (Lipinski definition) is 3. The first-order valence-electron chi connectivity index (χ1n) is 5.73. The normalized spacial score (nSPS) is 14.2. The highest BCUT2D eigenvalue weighted by Gasteiger charge is 2.17. The molecular formula is C13H17N3. The summed E-state index contributed by atoms with van der Waals surface area (Å²) in [5.74, 6) is 0.654. The van der Waals surface area contributed by atoms with Crippen LogP contribution in [-0.2, 0) is 0 Å². The molecule has 0 spiro atoms. The third-order valence-electron chi connectivity index (χ3n) is 2.75. The fourth-order valence-corrected chi connectivity index (χ4v) is 2.10.